The van der Waals surface area contributed by atoms with Crippen LogP contribution in [-0.2, 0) is 23.7 Å². The van der Waals surface area contributed by atoms with Crippen LogP contribution in [0.15, 0.2) is 0 Å². The second-order valence-corrected chi connectivity index (χ2v) is 10.4. The highest BCUT2D eigenvalue weighted by Crippen LogP contribution is 2.76. The van der Waals surface area contributed by atoms with Gasteiger partial charge in [-0.3, -0.25) is 0 Å². The molecule has 0 aromatic carbocycles. The Morgan fingerprint density at radius 2 is 1.89 bits per heavy atom. The summed E-state index contributed by atoms with van der Waals surface area (Å²) in [5.74, 6) is -0.790. The van der Waals surface area contributed by atoms with Crippen molar-refractivity contribution < 1.29 is 39.1 Å². The molecule has 1 saturated carbocycles. The van der Waals surface area contributed by atoms with Crippen molar-refractivity contribution in [2.75, 3.05) is 13.2 Å². The molecule has 5 rings (SSSR count). The van der Waals surface area contributed by atoms with E-state index in [0.29, 0.717) is 13.0 Å². The Bertz CT molecular complexity index is 690. The molecule has 28 heavy (non-hydrogen) atoms. The van der Waals surface area contributed by atoms with Gasteiger partial charge in [-0.1, -0.05) is 27.7 Å². The first-order chi connectivity index (χ1) is 13.1. The number of ether oxygens (including phenoxy) is 4. The molecule has 0 bridgehead atoms. The van der Waals surface area contributed by atoms with Gasteiger partial charge in [0.1, 0.15) is 12.2 Å². The fourth-order valence-corrected chi connectivity index (χ4v) is 7.07. The third kappa shape index (κ3) is 1.90. The topological polar surface area (TPSA) is 115 Å². The van der Waals surface area contributed by atoms with Gasteiger partial charge in [0.15, 0.2) is 12.4 Å². The molecule has 8 nitrogen and oxygen atoms in total. The van der Waals surface area contributed by atoms with E-state index >= 15 is 0 Å². The number of esters is 1. The molecular formula is C20H30O8. The summed E-state index contributed by atoms with van der Waals surface area (Å²) in [4.78, 5) is 12.7. The summed E-state index contributed by atoms with van der Waals surface area (Å²) in [5.41, 5.74) is -2.49. The Morgan fingerprint density at radius 1 is 1.18 bits per heavy atom. The number of carbonyl (C=O) groups excluding carboxylic acids is 1. The molecule has 1 spiro atoms. The Kier molecular flexibility index (Phi) is 3.89. The Hall–Kier alpha value is -0.770. The van der Waals surface area contributed by atoms with Crippen LogP contribution in [0.2, 0.25) is 0 Å². The molecule has 3 N–H and O–H groups in total. The predicted octanol–water partition coefficient (Wildman–Crippen LogP) is -0.177. The summed E-state index contributed by atoms with van der Waals surface area (Å²) in [6.07, 6.45) is -5.88. The van der Waals surface area contributed by atoms with Gasteiger partial charge in [-0.15, -0.1) is 0 Å². The normalized spacial score (nSPS) is 56.0. The number of carbonyl (C=O) groups is 1. The van der Waals surface area contributed by atoms with Crippen molar-refractivity contribution in [3.63, 3.8) is 0 Å². The lowest BCUT2D eigenvalue weighted by Crippen LogP contribution is -2.64. The van der Waals surface area contributed by atoms with Crippen molar-refractivity contribution in [3.8, 4) is 0 Å². The maximum atomic E-state index is 12.7. The van der Waals surface area contributed by atoms with E-state index in [4.69, 9.17) is 18.9 Å². The van der Waals surface area contributed by atoms with Crippen LogP contribution in [0.25, 0.3) is 0 Å². The molecule has 4 heterocycles. The van der Waals surface area contributed by atoms with Crippen molar-refractivity contribution in [2.45, 2.75) is 77.0 Å². The van der Waals surface area contributed by atoms with Gasteiger partial charge in [0.2, 0.25) is 0 Å². The Labute approximate surface area is 164 Å². The van der Waals surface area contributed by atoms with Gasteiger partial charge in [-0.25, -0.2) is 4.79 Å². The van der Waals surface area contributed by atoms with Crippen molar-refractivity contribution in [3.05, 3.63) is 0 Å². The molecule has 0 radical (unpaired) electrons. The first-order valence-electron chi connectivity index (χ1n) is 10.2. The van der Waals surface area contributed by atoms with Gasteiger partial charge in [-0.2, -0.15) is 0 Å². The minimum absolute atomic E-state index is 0.0732. The van der Waals surface area contributed by atoms with Gasteiger partial charge in [0.25, 0.3) is 0 Å². The van der Waals surface area contributed by atoms with E-state index < -0.39 is 59.7 Å². The largest absolute Gasteiger partial charge is 0.460 e. The van der Waals surface area contributed by atoms with E-state index in [2.05, 4.69) is 20.8 Å². The highest BCUT2D eigenvalue weighted by molar-refractivity contribution is 5.80. The van der Waals surface area contributed by atoms with Crippen LogP contribution in [-0.4, -0.2) is 77.4 Å². The minimum atomic E-state index is -1.23. The van der Waals surface area contributed by atoms with Gasteiger partial charge in [-0.05, 0) is 17.8 Å². The monoisotopic (exact) mass is 398 g/mol. The van der Waals surface area contributed by atoms with Crippen LogP contribution in [0.5, 0.6) is 0 Å². The zero-order valence-electron chi connectivity index (χ0n) is 16.7. The minimum Gasteiger partial charge on any atom is -0.460 e. The fraction of sp³-hybridized carbons (Fsp3) is 0.950. The van der Waals surface area contributed by atoms with Crippen LogP contribution < -0.4 is 0 Å². The van der Waals surface area contributed by atoms with Crippen molar-refractivity contribution in [1.82, 2.24) is 0 Å². The summed E-state index contributed by atoms with van der Waals surface area (Å²) in [6, 6.07) is 0. The molecule has 5 fully saturated rings. The van der Waals surface area contributed by atoms with Crippen molar-refractivity contribution >= 4 is 5.97 Å². The van der Waals surface area contributed by atoms with E-state index in [-0.39, 0.29) is 23.9 Å². The highest BCUT2D eigenvalue weighted by atomic mass is 16.7. The third-order valence-corrected chi connectivity index (χ3v) is 8.14. The second-order valence-electron chi connectivity index (χ2n) is 10.4. The number of hydrogen-bond acceptors (Lipinski definition) is 8. The number of aliphatic hydroxyl groups excluding tert-OH is 3. The first kappa shape index (κ1) is 19.2. The molecule has 158 valence electrons. The summed E-state index contributed by atoms with van der Waals surface area (Å²) in [5, 5.41) is 33.6. The summed E-state index contributed by atoms with van der Waals surface area (Å²) >= 11 is 0. The summed E-state index contributed by atoms with van der Waals surface area (Å²) < 4.78 is 23.3. The van der Waals surface area contributed by atoms with Gasteiger partial charge >= 0.3 is 5.97 Å². The smallest absolute Gasteiger partial charge is 0.336 e. The van der Waals surface area contributed by atoms with E-state index in [9.17, 15) is 20.1 Å². The van der Waals surface area contributed by atoms with Crippen LogP contribution >= 0.6 is 0 Å². The lowest BCUT2D eigenvalue weighted by Gasteiger charge is -2.50. The quantitative estimate of drug-likeness (QED) is 0.549. The van der Waals surface area contributed by atoms with E-state index in [0.717, 1.165) is 0 Å². The molecule has 0 aromatic heterocycles. The lowest BCUT2D eigenvalue weighted by atomic mass is 9.52. The molecular weight excluding hydrogens is 368 g/mol. The van der Waals surface area contributed by atoms with Gasteiger partial charge in [0.05, 0.1) is 42.4 Å². The average Bonchev–Trinajstić information content (AvgIpc) is 3.33. The molecule has 0 amide bonds. The highest BCUT2D eigenvalue weighted by Gasteiger charge is 2.88. The summed E-state index contributed by atoms with van der Waals surface area (Å²) in [6.45, 7) is 8.48. The van der Waals surface area contributed by atoms with E-state index in [1.807, 2.05) is 6.92 Å². The van der Waals surface area contributed by atoms with Crippen LogP contribution in [0.4, 0.5) is 0 Å². The molecule has 11 atom stereocenters. The van der Waals surface area contributed by atoms with Crippen LogP contribution in [0.1, 0.15) is 34.1 Å². The number of aliphatic hydroxyl groups is 3. The molecule has 4 saturated heterocycles. The lowest BCUT2D eigenvalue weighted by molar-refractivity contribution is -0.185. The predicted molar refractivity (Wildman–Crippen MR) is 93.8 cm³/mol. The third-order valence-electron chi connectivity index (χ3n) is 8.14. The zero-order valence-corrected chi connectivity index (χ0v) is 16.7. The molecule has 5 aliphatic rings. The van der Waals surface area contributed by atoms with Gasteiger partial charge < -0.3 is 34.3 Å². The van der Waals surface area contributed by atoms with E-state index in [1.54, 1.807) is 0 Å². The second kappa shape index (κ2) is 5.68. The Morgan fingerprint density at radius 3 is 2.50 bits per heavy atom. The molecule has 6 unspecified atom stereocenters. The molecule has 1 aliphatic carbocycles. The Balaban J connectivity index is 1.70. The van der Waals surface area contributed by atoms with Crippen molar-refractivity contribution in [2.24, 2.45) is 28.1 Å². The van der Waals surface area contributed by atoms with Crippen LogP contribution in [0, 0.1) is 28.1 Å². The molecule has 4 aliphatic heterocycles. The van der Waals surface area contributed by atoms with E-state index in [1.165, 1.54) is 0 Å². The summed E-state index contributed by atoms with van der Waals surface area (Å²) in [7, 11) is 0. The first-order valence-corrected chi connectivity index (χ1v) is 10.2. The van der Waals surface area contributed by atoms with Crippen molar-refractivity contribution in [1.29, 1.82) is 0 Å². The fourth-order valence-electron chi connectivity index (χ4n) is 7.07. The zero-order chi connectivity index (χ0) is 20.2. The average molecular weight is 398 g/mol. The van der Waals surface area contributed by atoms with Crippen LogP contribution in [0.3, 0.4) is 0 Å². The standard InChI is InChI=1S/C20H30O8/c1-8-6-25-13(12(8)22)14(23)20-11-5-9(18(2,3)4)19(20)10(21)7-26-17(19)28-15(20)16(24)27-11/h8-15,17,21-23H,5-7H2,1-4H3/t8-,9+,10+,11?,12-,13?,14+,15?,17?,19?,20?/m1/s1. The molecule has 0 aromatic rings. The SMILES string of the molecule is C[C@@H]1COC([C@H](O)C23C4C[C@@H](C(C)(C)C)C25C(OC[C@@H]5O)OC3C(=O)O4)[C@@H]1O. The maximum absolute atomic E-state index is 12.7. The maximum Gasteiger partial charge on any atom is 0.336 e. The van der Waals surface area contributed by atoms with Gasteiger partial charge in [0, 0.05) is 5.92 Å². The molecule has 8 heteroatoms. The number of hydrogen-bond donors (Lipinski definition) is 3. The number of rotatable bonds is 2.